The van der Waals surface area contributed by atoms with Crippen LogP contribution in [0.2, 0.25) is 5.02 Å². The fourth-order valence-corrected chi connectivity index (χ4v) is 3.41. The summed E-state index contributed by atoms with van der Waals surface area (Å²) >= 11 is 6.05. The second kappa shape index (κ2) is 3.74. The second-order valence-electron chi connectivity index (χ2n) is 5.12. The Hall–Kier alpha value is -1.02. The van der Waals surface area contributed by atoms with Crippen LogP contribution in [0.1, 0.15) is 30.4 Å². The van der Waals surface area contributed by atoms with Crippen molar-refractivity contribution < 1.29 is 9.53 Å². The second-order valence-corrected chi connectivity index (χ2v) is 5.53. The first-order valence-electron chi connectivity index (χ1n) is 6.08. The van der Waals surface area contributed by atoms with Crippen LogP contribution in [0, 0.1) is 12.8 Å². The van der Waals surface area contributed by atoms with Gasteiger partial charge in [0.15, 0.2) is 0 Å². The summed E-state index contributed by atoms with van der Waals surface area (Å²) in [7, 11) is 0. The number of fused-ring (bicyclic) bond motifs is 1. The van der Waals surface area contributed by atoms with Gasteiger partial charge in [-0.2, -0.15) is 0 Å². The molecule has 2 atom stereocenters. The van der Waals surface area contributed by atoms with Gasteiger partial charge in [-0.15, -0.1) is 0 Å². The van der Waals surface area contributed by atoms with Gasteiger partial charge < -0.3 is 4.74 Å². The van der Waals surface area contributed by atoms with Crippen molar-refractivity contribution in [2.45, 2.75) is 31.6 Å². The van der Waals surface area contributed by atoms with Crippen LogP contribution in [-0.4, -0.2) is 12.6 Å². The number of hydrogen-bond acceptors (Lipinski definition) is 2. The van der Waals surface area contributed by atoms with E-state index in [9.17, 15) is 4.79 Å². The molecule has 2 nitrogen and oxygen atoms in total. The van der Waals surface area contributed by atoms with Gasteiger partial charge in [0.1, 0.15) is 0 Å². The van der Waals surface area contributed by atoms with Crippen molar-refractivity contribution in [2.75, 3.05) is 6.61 Å². The molecule has 0 amide bonds. The molecule has 90 valence electrons. The summed E-state index contributed by atoms with van der Waals surface area (Å²) in [5.41, 5.74) is 1.74. The molecule has 1 aromatic rings. The Morgan fingerprint density at radius 3 is 3.06 bits per heavy atom. The van der Waals surface area contributed by atoms with Crippen LogP contribution in [-0.2, 0) is 14.9 Å². The Balaban J connectivity index is 2.12. The lowest BCUT2D eigenvalue weighted by molar-refractivity contribution is -0.142. The van der Waals surface area contributed by atoms with E-state index < -0.39 is 0 Å². The number of hydrogen-bond donors (Lipinski definition) is 0. The van der Waals surface area contributed by atoms with E-state index in [2.05, 4.69) is 0 Å². The topological polar surface area (TPSA) is 26.3 Å². The van der Waals surface area contributed by atoms with Crippen LogP contribution in [0.4, 0.5) is 0 Å². The Bertz CT molecular complexity index is 483. The first-order valence-corrected chi connectivity index (χ1v) is 6.46. The molecular weight excluding hydrogens is 236 g/mol. The van der Waals surface area contributed by atoms with Crippen LogP contribution in [0.15, 0.2) is 18.2 Å². The molecule has 2 unspecified atom stereocenters. The van der Waals surface area contributed by atoms with E-state index in [0.29, 0.717) is 12.5 Å². The summed E-state index contributed by atoms with van der Waals surface area (Å²) in [6, 6.07) is 5.93. The molecule has 0 aromatic heterocycles. The third-order valence-corrected chi connectivity index (χ3v) is 4.70. The van der Waals surface area contributed by atoms with Crippen LogP contribution >= 0.6 is 11.6 Å². The van der Waals surface area contributed by atoms with Gasteiger partial charge in [0, 0.05) is 10.9 Å². The fraction of sp³-hybridized carbons (Fsp3) is 0.500. The summed E-state index contributed by atoms with van der Waals surface area (Å²) in [6.07, 6.45) is 3.12. The van der Waals surface area contributed by atoms with Gasteiger partial charge in [0.2, 0.25) is 0 Å². The third kappa shape index (κ3) is 1.43. The SMILES string of the molecule is Cc1cc(C23CCCC2COC3=O)ccc1Cl. The maximum absolute atomic E-state index is 12.1. The monoisotopic (exact) mass is 250 g/mol. The molecule has 1 aliphatic heterocycles. The highest BCUT2D eigenvalue weighted by Gasteiger charge is 2.55. The Kier molecular flexibility index (Phi) is 2.44. The van der Waals surface area contributed by atoms with E-state index in [1.807, 2.05) is 25.1 Å². The highest BCUT2D eigenvalue weighted by Crippen LogP contribution is 2.50. The van der Waals surface area contributed by atoms with Gasteiger partial charge in [-0.1, -0.05) is 30.2 Å². The van der Waals surface area contributed by atoms with E-state index in [4.69, 9.17) is 16.3 Å². The zero-order valence-electron chi connectivity index (χ0n) is 9.83. The minimum Gasteiger partial charge on any atom is -0.465 e. The molecule has 3 rings (SSSR count). The molecule has 1 saturated heterocycles. The van der Waals surface area contributed by atoms with Gasteiger partial charge in [0.05, 0.1) is 12.0 Å². The van der Waals surface area contributed by atoms with Gasteiger partial charge >= 0.3 is 5.97 Å². The number of cyclic esters (lactones) is 1. The maximum Gasteiger partial charge on any atom is 0.316 e. The maximum atomic E-state index is 12.1. The van der Waals surface area contributed by atoms with Gasteiger partial charge in [-0.05, 0) is 37.0 Å². The molecule has 0 spiro atoms. The molecular formula is C14H15ClO2. The fourth-order valence-electron chi connectivity index (χ4n) is 3.30. The summed E-state index contributed by atoms with van der Waals surface area (Å²) < 4.78 is 5.28. The predicted molar refractivity (Wildman–Crippen MR) is 66.2 cm³/mol. The molecule has 1 aromatic carbocycles. The number of ether oxygens (including phenoxy) is 1. The Morgan fingerprint density at radius 1 is 1.47 bits per heavy atom. The molecule has 0 bridgehead atoms. The average molecular weight is 251 g/mol. The van der Waals surface area contributed by atoms with E-state index in [-0.39, 0.29) is 11.4 Å². The van der Waals surface area contributed by atoms with E-state index >= 15 is 0 Å². The highest BCUT2D eigenvalue weighted by atomic mass is 35.5. The molecule has 2 fully saturated rings. The van der Waals surface area contributed by atoms with Crippen LogP contribution < -0.4 is 0 Å². The van der Waals surface area contributed by atoms with E-state index in [1.165, 1.54) is 0 Å². The molecule has 3 heteroatoms. The lowest BCUT2D eigenvalue weighted by Gasteiger charge is -2.25. The van der Waals surface area contributed by atoms with Crippen molar-refractivity contribution >= 4 is 17.6 Å². The first kappa shape index (κ1) is 11.1. The van der Waals surface area contributed by atoms with Crippen molar-refractivity contribution in [3.05, 3.63) is 34.3 Å². The van der Waals surface area contributed by atoms with Crippen molar-refractivity contribution in [2.24, 2.45) is 5.92 Å². The summed E-state index contributed by atoms with van der Waals surface area (Å²) in [5, 5.41) is 0.756. The average Bonchev–Trinajstić information content (AvgIpc) is 2.85. The number of aryl methyl sites for hydroxylation is 1. The number of benzene rings is 1. The quantitative estimate of drug-likeness (QED) is 0.716. The number of rotatable bonds is 1. The lowest BCUT2D eigenvalue weighted by atomic mass is 9.74. The summed E-state index contributed by atoms with van der Waals surface area (Å²) in [6.45, 7) is 2.56. The van der Waals surface area contributed by atoms with Crippen molar-refractivity contribution in [1.29, 1.82) is 0 Å². The largest absolute Gasteiger partial charge is 0.465 e. The van der Waals surface area contributed by atoms with E-state index in [1.54, 1.807) is 0 Å². The zero-order valence-corrected chi connectivity index (χ0v) is 10.6. The zero-order chi connectivity index (χ0) is 12.0. The normalized spacial score (nSPS) is 31.4. The van der Waals surface area contributed by atoms with Gasteiger partial charge in [0.25, 0.3) is 0 Å². The van der Waals surface area contributed by atoms with Crippen molar-refractivity contribution in [3.8, 4) is 0 Å². The van der Waals surface area contributed by atoms with Gasteiger partial charge in [-0.3, -0.25) is 4.79 Å². The molecule has 0 N–H and O–H groups in total. The van der Waals surface area contributed by atoms with Crippen LogP contribution in [0.25, 0.3) is 0 Å². The number of esters is 1. The van der Waals surface area contributed by atoms with Crippen LogP contribution in [0.5, 0.6) is 0 Å². The molecule has 0 radical (unpaired) electrons. The minimum absolute atomic E-state index is 0.0401. The molecule has 2 aliphatic rings. The third-order valence-electron chi connectivity index (χ3n) is 4.27. The lowest BCUT2D eigenvalue weighted by Crippen LogP contribution is -2.33. The van der Waals surface area contributed by atoms with E-state index in [0.717, 1.165) is 35.4 Å². The van der Waals surface area contributed by atoms with Gasteiger partial charge in [-0.25, -0.2) is 0 Å². The molecule has 1 aliphatic carbocycles. The smallest absolute Gasteiger partial charge is 0.316 e. The molecule has 1 heterocycles. The van der Waals surface area contributed by atoms with Crippen molar-refractivity contribution in [3.63, 3.8) is 0 Å². The standard InChI is InChI=1S/C14H15ClO2/c1-9-7-10(4-5-12(9)15)14-6-2-3-11(14)8-17-13(14)16/h4-5,7,11H,2-3,6,8H2,1H3. The minimum atomic E-state index is -0.380. The Labute approximate surface area is 106 Å². The van der Waals surface area contributed by atoms with Crippen LogP contribution in [0.3, 0.4) is 0 Å². The molecule has 17 heavy (non-hydrogen) atoms. The highest BCUT2D eigenvalue weighted by molar-refractivity contribution is 6.31. The Morgan fingerprint density at radius 2 is 2.29 bits per heavy atom. The van der Waals surface area contributed by atoms with Crippen molar-refractivity contribution in [1.82, 2.24) is 0 Å². The number of halogens is 1. The summed E-state index contributed by atoms with van der Waals surface area (Å²) in [4.78, 5) is 12.1. The first-order chi connectivity index (χ1) is 8.14. The molecule has 1 saturated carbocycles. The predicted octanol–water partition coefficient (Wildman–Crippen LogP) is 3.24. The number of carbonyl (C=O) groups is 1. The number of carbonyl (C=O) groups excluding carboxylic acids is 1. The summed E-state index contributed by atoms with van der Waals surface area (Å²) in [5.74, 6) is 0.317.